The number of unbranched alkanes of at least 4 members (excludes halogenated alkanes) is 5. The number of nitrogens with one attached hydrogen (secondary N) is 1. The second-order valence-electron chi connectivity index (χ2n) is 5.30. The van der Waals surface area contributed by atoms with Crippen LogP contribution >= 0.6 is 0 Å². The molecule has 6 nitrogen and oxygen atoms in total. The molecule has 0 aromatic carbocycles. The van der Waals surface area contributed by atoms with Gasteiger partial charge in [-0.15, -0.1) is 0 Å². The number of rotatable bonds is 13. The largest absolute Gasteiger partial charge is 0.748 e. The summed E-state index contributed by atoms with van der Waals surface area (Å²) in [6.07, 6.45) is 7.89. The Balaban J connectivity index is 3.52. The van der Waals surface area contributed by atoms with E-state index >= 15 is 0 Å². The van der Waals surface area contributed by atoms with E-state index in [1.807, 2.05) is 6.92 Å². The van der Waals surface area contributed by atoms with Crippen LogP contribution in [0.1, 0.15) is 58.8 Å². The van der Waals surface area contributed by atoms with Crippen molar-refractivity contribution in [2.75, 3.05) is 18.8 Å². The van der Waals surface area contributed by atoms with Gasteiger partial charge in [0, 0.05) is 6.54 Å². The first-order chi connectivity index (χ1) is 9.85. The molecule has 0 aliphatic heterocycles. The summed E-state index contributed by atoms with van der Waals surface area (Å²) in [5.41, 5.74) is 0. The SMILES string of the molecule is CCCCCCCCC(C)OC(=O)CNCCS(=O)(=O)[O-]. The summed E-state index contributed by atoms with van der Waals surface area (Å²) in [5.74, 6) is -0.940. The minimum atomic E-state index is -4.23. The van der Waals surface area contributed by atoms with Crippen molar-refractivity contribution < 1.29 is 22.5 Å². The second kappa shape index (κ2) is 11.9. The molecule has 0 radical (unpaired) electrons. The summed E-state index contributed by atoms with van der Waals surface area (Å²) in [6.45, 7) is 3.93. The van der Waals surface area contributed by atoms with Crippen molar-refractivity contribution in [3.05, 3.63) is 0 Å². The maximum atomic E-state index is 11.4. The molecule has 7 heteroatoms. The van der Waals surface area contributed by atoms with Crippen LogP contribution in [0.3, 0.4) is 0 Å². The van der Waals surface area contributed by atoms with Gasteiger partial charge in [0.05, 0.1) is 28.5 Å². The zero-order chi connectivity index (χ0) is 16.1. The molecular formula is C14H28NO5S-. The molecule has 0 saturated heterocycles. The van der Waals surface area contributed by atoms with Gasteiger partial charge in [-0.25, -0.2) is 8.42 Å². The van der Waals surface area contributed by atoms with Crippen LogP contribution in [0.2, 0.25) is 0 Å². The maximum absolute atomic E-state index is 11.4. The molecule has 0 heterocycles. The number of carbonyl (C=O) groups is 1. The molecule has 0 bridgehead atoms. The van der Waals surface area contributed by atoms with Crippen molar-refractivity contribution in [1.82, 2.24) is 5.32 Å². The lowest BCUT2D eigenvalue weighted by atomic mass is 10.1. The molecule has 0 aliphatic rings. The zero-order valence-electron chi connectivity index (χ0n) is 13.1. The summed E-state index contributed by atoms with van der Waals surface area (Å²) in [5, 5.41) is 2.58. The number of hydrogen-bond acceptors (Lipinski definition) is 6. The van der Waals surface area contributed by atoms with Crippen LogP contribution in [-0.4, -0.2) is 43.9 Å². The topological polar surface area (TPSA) is 95.5 Å². The van der Waals surface area contributed by atoms with Crippen LogP contribution in [0.4, 0.5) is 0 Å². The average Bonchev–Trinajstić information content (AvgIpc) is 2.38. The predicted octanol–water partition coefficient (Wildman–Crippen LogP) is 1.80. The third kappa shape index (κ3) is 15.5. The molecule has 0 rings (SSSR count). The molecule has 21 heavy (non-hydrogen) atoms. The molecule has 0 aromatic rings. The van der Waals surface area contributed by atoms with E-state index in [0.29, 0.717) is 0 Å². The summed E-state index contributed by atoms with van der Waals surface area (Å²) >= 11 is 0. The van der Waals surface area contributed by atoms with Crippen LogP contribution in [0.5, 0.6) is 0 Å². The quantitative estimate of drug-likeness (QED) is 0.315. The van der Waals surface area contributed by atoms with Crippen LogP contribution in [0.15, 0.2) is 0 Å². The van der Waals surface area contributed by atoms with Crippen LogP contribution < -0.4 is 5.32 Å². The number of hydrogen-bond donors (Lipinski definition) is 1. The van der Waals surface area contributed by atoms with Gasteiger partial charge in [-0.3, -0.25) is 4.79 Å². The van der Waals surface area contributed by atoms with Crippen molar-refractivity contribution in [2.24, 2.45) is 0 Å². The third-order valence-corrected chi connectivity index (χ3v) is 3.80. The van der Waals surface area contributed by atoms with E-state index < -0.39 is 21.8 Å². The Bertz CT molecular complexity index is 370. The standard InChI is InChI=1S/C14H29NO5S/c1-3-4-5-6-7-8-9-13(2)20-14(16)12-15-10-11-21(17,18)19/h13,15H,3-12H2,1-2H3,(H,17,18,19)/p-1. The lowest BCUT2D eigenvalue weighted by molar-refractivity contribution is -0.147. The summed E-state index contributed by atoms with van der Waals surface area (Å²) in [6, 6.07) is 0. The Labute approximate surface area is 128 Å². The molecule has 0 aromatic heterocycles. The Morgan fingerprint density at radius 2 is 1.81 bits per heavy atom. The molecule has 0 aliphatic carbocycles. The van der Waals surface area contributed by atoms with E-state index in [1.54, 1.807) is 0 Å². The van der Waals surface area contributed by atoms with Gasteiger partial charge in [-0.1, -0.05) is 39.0 Å². The van der Waals surface area contributed by atoms with E-state index in [2.05, 4.69) is 12.2 Å². The lowest BCUT2D eigenvalue weighted by Gasteiger charge is -2.14. The molecule has 1 unspecified atom stereocenters. The normalized spacial score (nSPS) is 13.1. The van der Waals surface area contributed by atoms with Gasteiger partial charge in [-0.2, -0.15) is 0 Å². The van der Waals surface area contributed by atoms with E-state index in [0.717, 1.165) is 19.3 Å². The smallest absolute Gasteiger partial charge is 0.320 e. The first kappa shape index (κ1) is 20.3. The maximum Gasteiger partial charge on any atom is 0.320 e. The van der Waals surface area contributed by atoms with Gasteiger partial charge in [0.15, 0.2) is 0 Å². The van der Waals surface area contributed by atoms with E-state index in [4.69, 9.17) is 4.74 Å². The number of esters is 1. The first-order valence-electron chi connectivity index (χ1n) is 7.69. The molecule has 0 spiro atoms. The van der Waals surface area contributed by atoms with Crippen molar-refractivity contribution in [2.45, 2.75) is 64.9 Å². The summed E-state index contributed by atoms with van der Waals surface area (Å²) in [7, 11) is -4.23. The molecule has 1 atom stereocenters. The van der Waals surface area contributed by atoms with Gasteiger partial charge < -0.3 is 14.6 Å². The van der Waals surface area contributed by atoms with Gasteiger partial charge in [0.1, 0.15) is 0 Å². The highest BCUT2D eigenvalue weighted by Gasteiger charge is 2.09. The highest BCUT2D eigenvalue weighted by atomic mass is 32.2. The fourth-order valence-electron chi connectivity index (χ4n) is 1.92. The van der Waals surface area contributed by atoms with E-state index in [9.17, 15) is 17.8 Å². The van der Waals surface area contributed by atoms with E-state index in [1.165, 1.54) is 25.7 Å². The number of ether oxygens (including phenoxy) is 1. The predicted molar refractivity (Wildman–Crippen MR) is 81.0 cm³/mol. The zero-order valence-corrected chi connectivity index (χ0v) is 13.9. The van der Waals surface area contributed by atoms with Crippen molar-refractivity contribution in [1.29, 1.82) is 0 Å². The third-order valence-electron chi connectivity index (χ3n) is 3.10. The molecule has 126 valence electrons. The van der Waals surface area contributed by atoms with E-state index in [-0.39, 0.29) is 19.2 Å². The Hall–Kier alpha value is -0.660. The Morgan fingerprint density at radius 1 is 1.19 bits per heavy atom. The van der Waals surface area contributed by atoms with Crippen molar-refractivity contribution in [3.8, 4) is 0 Å². The van der Waals surface area contributed by atoms with Gasteiger partial charge in [0.2, 0.25) is 0 Å². The lowest BCUT2D eigenvalue weighted by Crippen LogP contribution is -2.30. The average molecular weight is 322 g/mol. The monoisotopic (exact) mass is 322 g/mol. The highest BCUT2D eigenvalue weighted by molar-refractivity contribution is 7.85. The van der Waals surface area contributed by atoms with Gasteiger partial charge >= 0.3 is 5.97 Å². The molecule has 1 N–H and O–H groups in total. The fraction of sp³-hybridized carbons (Fsp3) is 0.929. The minimum absolute atomic E-state index is 0.0350. The van der Waals surface area contributed by atoms with Gasteiger partial charge in [-0.05, 0) is 19.8 Å². The Morgan fingerprint density at radius 3 is 2.43 bits per heavy atom. The van der Waals surface area contributed by atoms with Crippen molar-refractivity contribution >= 4 is 16.1 Å². The highest BCUT2D eigenvalue weighted by Crippen LogP contribution is 2.10. The minimum Gasteiger partial charge on any atom is -0.748 e. The second-order valence-corrected chi connectivity index (χ2v) is 6.82. The van der Waals surface area contributed by atoms with Crippen LogP contribution in [0, 0.1) is 0 Å². The summed E-state index contributed by atoms with van der Waals surface area (Å²) in [4.78, 5) is 11.4. The van der Waals surface area contributed by atoms with Crippen molar-refractivity contribution in [3.63, 3.8) is 0 Å². The van der Waals surface area contributed by atoms with Gasteiger partial charge in [0.25, 0.3) is 0 Å². The van der Waals surface area contributed by atoms with Crippen LogP contribution in [0.25, 0.3) is 0 Å². The molecule has 0 saturated carbocycles. The summed E-state index contributed by atoms with van der Waals surface area (Å²) < 4.78 is 36.2. The molecule has 0 fully saturated rings. The Kier molecular flexibility index (Phi) is 11.6. The molecular weight excluding hydrogens is 294 g/mol. The fourth-order valence-corrected chi connectivity index (χ4v) is 2.32. The first-order valence-corrected chi connectivity index (χ1v) is 9.26. The molecule has 0 amide bonds. The van der Waals surface area contributed by atoms with Crippen LogP contribution in [-0.2, 0) is 19.6 Å². The number of carbonyl (C=O) groups excluding carboxylic acids is 1.